The van der Waals surface area contributed by atoms with Crippen LogP contribution >= 0.6 is 0 Å². The van der Waals surface area contributed by atoms with Gasteiger partial charge in [0.1, 0.15) is 0 Å². The molecule has 2 nitrogen and oxygen atoms in total. The summed E-state index contributed by atoms with van der Waals surface area (Å²) in [5.74, 6) is 0. The zero-order valence-electron chi connectivity index (χ0n) is 5.31. The summed E-state index contributed by atoms with van der Waals surface area (Å²) >= 11 is 0. The molecule has 0 aromatic heterocycles. The molecular formula is C7H9N2. The van der Waals surface area contributed by atoms with Crippen LogP contribution in [-0.4, -0.2) is 0 Å². The number of anilines is 1. The minimum absolute atomic E-state index is 0.509. The van der Waals surface area contributed by atoms with Gasteiger partial charge in [0.2, 0.25) is 0 Å². The zero-order chi connectivity index (χ0) is 6.85. The van der Waals surface area contributed by atoms with E-state index in [0.717, 1.165) is 5.56 Å². The highest BCUT2D eigenvalue weighted by Crippen LogP contribution is 2.14. The van der Waals surface area contributed by atoms with Crippen LogP contribution in [0, 0.1) is 6.92 Å². The van der Waals surface area contributed by atoms with E-state index in [0.29, 0.717) is 11.4 Å². The van der Waals surface area contributed by atoms with E-state index >= 15 is 0 Å². The Balaban J connectivity index is 3.17. The van der Waals surface area contributed by atoms with Crippen molar-refractivity contribution in [3.05, 3.63) is 23.8 Å². The first kappa shape index (κ1) is 5.95. The largest absolute Gasteiger partial charge is 0.399 e. The molecule has 1 rings (SSSR count). The van der Waals surface area contributed by atoms with Gasteiger partial charge < -0.3 is 11.5 Å². The van der Waals surface area contributed by atoms with E-state index in [1.807, 2.05) is 13.0 Å². The summed E-state index contributed by atoms with van der Waals surface area (Å²) in [5, 5.41) is 0. The molecule has 1 radical (unpaired) electrons. The second-order valence-corrected chi connectivity index (χ2v) is 2.07. The van der Waals surface area contributed by atoms with Crippen LogP contribution in [0.5, 0.6) is 0 Å². The van der Waals surface area contributed by atoms with Crippen molar-refractivity contribution in [3.8, 4) is 0 Å². The van der Waals surface area contributed by atoms with Gasteiger partial charge in [0, 0.05) is 5.69 Å². The summed E-state index contributed by atoms with van der Waals surface area (Å²) < 4.78 is 0. The molecule has 0 aliphatic carbocycles. The lowest BCUT2D eigenvalue weighted by atomic mass is 10.2. The first-order valence-corrected chi connectivity index (χ1v) is 2.78. The normalized spacial score (nSPS) is 9.44. The Bertz CT molecular complexity index is 218. The third kappa shape index (κ3) is 1.13. The quantitative estimate of drug-likeness (QED) is 0.519. The molecule has 1 aromatic rings. The number of benzene rings is 1. The van der Waals surface area contributed by atoms with Crippen molar-refractivity contribution in [1.82, 2.24) is 5.73 Å². The van der Waals surface area contributed by atoms with E-state index in [4.69, 9.17) is 11.5 Å². The fourth-order valence-electron chi connectivity index (χ4n) is 0.640. The van der Waals surface area contributed by atoms with Gasteiger partial charge in [-0.2, -0.15) is 0 Å². The highest BCUT2D eigenvalue weighted by atomic mass is 14.6. The molecule has 0 saturated carbocycles. The number of nitrogens with two attached hydrogens (primary N) is 1. The molecule has 1 aromatic carbocycles. The monoisotopic (exact) mass is 121 g/mol. The standard InChI is InChI=1S/C7H9N2/c1-5-2-3-6(8)4-7(5)9/h2-4,9H,8H2,1H3. The van der Waals surface area contributed by atoms with Crippen LogP contribution in [0.4, 0.5) is 11.4 Å². The van der Waals surface area contributed by atoms with E-state index in [1.54, 1.807) is 12.1 Å². The van der Waals surface area contributed by atoms with E-state index in [-0.39, 0.29) is 0 Å². The van der Waals surface area contributed by atoms with Crippen molar-refractivity contribution < 1.29 is 0 Å². The predicted molar refractivity (Wildman–Crippen MR) is 38.3 cm³/mol. The molecule has 0 atom stereocenters. The molecule has 0 fully saturated rings. The summed E-state index contributed by atoms with van der Waals surface area (Å²) in [6.45, 7) is 1.89. The van der Waals surface area contributed by atoms with Gasteiger partial charge in [-0.25, -0.2) is 0 Å². The second kappa shape index (κ2) is 1.97. The molecule has 0 spiro atoms. The topological polar surface area (TPSA) is 49.8 Å². The fourth-order valence-corrected chi connectivity index (χ4v) is 0.640. The van der Waals surface area contributed by atoms with Crippen LogP contribution in [0.2, 0.25) is 0 Å². The van der Waals surface area contributed by atoms with Gasteiger partial charge in [-0.05, 0) is 24.6 Å². The van der Waals surface area contributed by atoms with Crippen molar-refractivity contribution in [1.29, 1.82) is 0 Å². The highest BCUT2D eigenvalue weighted by molar-refractivity contribution is 5.53. The molecule has 2 heteroatoms. The maximum atomic E-state index is 7.28. The first-order chi connectivity index (χ1) is 4.20. The van der Waals surface area contributed by atoms with Crippen molar-refractivity contribution in [2.45, 2.75) is 6.92 Å². The summed E-state index contributed by atoms with van der Waals surface area (Å²) in [6, 6.07) is 5.29. The van der Waals surface area contributed by atoms with Gasteiger partial charge >= 0.3 is 0 Å². The number of nitrogens with one attached hydrogen (secondary N) is 1. The molecular weight excluding hydrogens is 112 g/mol. The Morgan fingerprint density at radius 3 is 2.56 bits per heavy atom. The van der Waals surface area contributed by atoms with Crippen molar-refractivity contribution in [2.24, 2.45) is 0 Å². The third-order valence-corrected chi connectivity index (χ3v) is 1.26. The van der Waals surface area contributed by atoms with Gasteiger partial charge in [0.05, 0.1) is 5.69 Å². The van der Waals surface area contributed by atoms with Crippen LogP contribution in [0.15, 0.2) is 18.2 Å². The lowest BCUT2D eigenvalue weighted by molar-refractivity contribution is 1.38. The van der Waals surface area contributed by atoms with Gasteiger partial charge in [-0.1, -0.05) is 6.07 Å². The van der Waals surface area contributed by atoms with Gasteiger partial charge in [-0.15, -0.1) is 0 Å². The Hall–Kier alpha value is -1.18. The average Bonchev–Trinajstić information content (AvgIpc) is 1.80. The number of rotatable bonds is 0. The molecule has 0 heterocycles. The molecule has 0 aliphatic rings. The minimum atomic E-state index is 0.509. The van der Waals surface area contributed by atoms with Crippen molar-refractivity contribution >= 4 is 11.4 Å². The maximum Gasteiger partial charge on any atom is 0.0589 e. The number of hydrogen-bond donors (Lipinski definition) is 1. The molecule has 9 heavy (non-hydrogen) atoms. The molecule has 0 saturated heterocycles. The lowest BCUT2D eigenvalue weighted by Gasteiger charge is -1.97. The number of nitrogen functional groups attached to an aromatic ring is 1. The van der Waals surface area contributed by atoms with Crippen LogP contribution < -0.4 is 11.5 Å². The SMILES string of the molecule is Cc1ccc(N)cc1[NH]. The van der Waals surface area contributed by atoms with E-state index in [1.165, 1.54) is 0 Å². The molecule has 3 N–H and O–H groups in total. The van der Waals surface area contributed by atoms with Crippen LogP contribution in [0.1, 0.15) is 5.56 Å². The van der Waals surface area contributed by atoms with Gasteiger partial charge in [-0.3, -0.25) is 0 Å². The molecule has 0 bridgehead atoms. The first-order valence-electron chi connectivity index (χ1n) is 2.78. The average molecular weight is 121 g/mol. The molecule has 47 valence electrons. The maximum absolute atomic E-state index is 7.28. The van der Waals surface area contributed by atoms with E-state index in [2.05, 4.69) is 0 Å². The van der Waals surface area contributed by atoms with E-state index < -0.39 is 0 Å². The molecule has 0 aliphatic heterocycles. The Kier molecular flexibility index (Phi) is 1.30. The Morgan fingerprint density at radius 2 is 2.11 bits per heavy atom. The third-order valence-electron chi connectivity index (χ3n) is 1.26. The summed E-state index contributed by atoms with van der Waals surface area (Å²) in [7, 11) is 0. The fraction of sp³-hybridized carbons (Fsp3) is 0.143. The zero-order valence-corrected chi connectivity index (χ0v) is 5.31. The summed E-state index contributed by atoms with van der Waals surface area (Å²) in [4.78, 5) is 0. The van der Waals surface area contributed by atoms with Crippen molar-refractivity contribution in [3.63, 3.8) is 0 Å². The summed E-state index contributed by atoms with van der Waals surface area (Å²) in [6.07, 6.45) is 0. The van der Waals surface area contributed by atoms with Gasteiger partial charge in [0.15, 0.2) is 0 Å². The minimum Gasteiger partial charge on any atom is -0.399 e. The van der Waals surface area contributed by atoms with Crippen LogP contribution in [0.3, 0.4) is 0 Å². The molecule has 0 unspecified atom stereocenters. The molecule has 0 amide bonds. The number of aryl methyl sites for hydroxylation is 1. The van der Waals surface area contributed by atoms with Crippen molar-refractivity contribution in [2.75, 3.05) is 5.73 Å². The van der Waals surface area contributed by atoms with Crippen LogP contribution in [-0.2, 0) is 0 Å². The highest BCUT2D eigenvalue weighted by Gasteiger charge is 1.91. The number of hydrogen-bond acceptors (Lipinski definition) is 1. The Labute approximate surface area is 54.5 Å². The van der Waals surface area contributed by atoms with Gasteiger partial charge in [0.25, 0.3) is 0 Å². The van der Waals surface area contributed by atoms with Crippen LogP contribution in [0.25, 0.3) is 0 Å². The summed E-state index contributed by atoms with van der Waals surface area (Å²) in [5.41, 5.74) is 14.8. The Morgan fingerprint density at radius 1 is 1.44 bits per heavy atom. The second-order valence-electron chi connectivity index (χ2n) is 2.07. The smallest absolute Gasteiger partial charge is 0.0589 e. The van der Waals surface area contributed by atoms with E-state index in [9.17, 15) is 0 Å². The lowest BCUT2D eigenvalue weighted by Crippen LogP contribution is -1.85. The predicted octanol–water partition coefficient (Wildman–Crippen LogP) is 1.49.